The van der Waals surface area contributed by atoms with Crippen molar-refractivity contribution in [2.24, 2.45) is 5.73 Å². The van der Waals surface area contributed by atoms with Gasteiger partial charge in [0.05, 0.1) is 10.7 Å². The summed E-state index contributed by atoms with van der Waals surface area (Å²) in [6.45, 7) is 1.97. The van der Waals surface area contributed by atoms with Crippen molar-refractivity contribution in [3.8, 4) is 0 Å². The fraction of sp³-hybridized carbons (Fsp3) is 0.538. The van der Waals surface area contributed by atoms with Crippen LogP contribution in [0.25, 0.3) is 0 Å². The van der Waals surface area contributed by atoms with Crippen LogP contribution < -0.4 is 10.6 Å². The van der Waals surface area contributed by atoms with Gasteiger partial charge in [-0.05, 0) is 43.9 Å². The van der Waals surface area contributed by atoms with Crippen LogP contribution in [0.1, 0.15) is 37.8 Å². The second kappa shape index (κ2) is 4.64. The third-order valence-corrected chi connectivity index (χ3v) is 3.80. The predicted octanol–water partition coefficient (Wildman–Crippen LogP) is 3.35. The predicted molar refractivity (Wildman–Crippen MR) is 70.1 cm³/mol. The Balaban J connectivity index is 2.21. The molecule has 2 nitrogen and oxygen atoms in total. The fourth-order valence-electron chi connectivity index (χ4n) is 2.06. The maximum absolute atomic E-state index is 6.30. The number of anilines is 1. The number of hydrogen-bond acceptors (Lipinski definition) is 2. The zero-order valence-corrected chi connectivity index (χ0v) is 10.7. The van der Waals surface area contributed by atoms with Crippen LogP contribution in [0.2, 0.25) is 5.02 Å². The zero-order valence-electron chi connectivity index (χ0n) is 9.91. The quantitative estimate of drug-likeness (QED) is 0.875. The molecule has 16 heavy (non-hydrogen) atoms. The second-order valence-corrected chi connectivity index (χ2v) is 5.10. The highest BCUT2D eigenvalue weighted by molar-refractivity contribution is 6.33. The van der Waals surface area contributed by atoms with E-state index in [1.54, 1.807) is 0 Å². The minimum absolute atomic E-state index is 0.0422. The number of rotatable bonds is 3. The molecule has 1 fully saturated rings. The van der Waals surface area contributed by atoms with Crippen LogP contribution in [0, 0.1) is 0 Å². The van der Waals surface area contributed by atoms with Gasteiger partial charge in [-0.25, -0.2) is 0 Å². The Morgan fingerprint density at radius 2 is 2.12 bits per heavy atom. The first-order valence-electron chi connectivity index (χ1n) is 5.87. The standard InChI is InChI=1S/C13H19ClN2/c1-9(15)10-6-7-13(12(14)8-10)16(2)11-4-3-5-11/h6-9,11H,3-5,15H2,1-2H3. The summed E-state index contributed by atoms with van der Waals surface area (Å²) in [5.74, 6) is 0. The molecule has 1 atom stereocenters. The van der Waals surface area contributed by atoms with Crippen LogP contribution in [-0.2, 0) is 0 Å². The molecule has 0 radical (unpaired) electrons. The van der Waals surface area contributed by atoms with E-state index in [-0.39, 0.29) is 6.04 Å². The van der Waals surface area contributed by atoms with Gasteiger partial charge in [-0.3, -0.25) is 0 Å². The molecule has 1 saturated carbocycles. The average Bonchev–Trinajstić information content (AvgIpc) is 2.14. The summed E-state index contributed by atoms with van der Waals surface area (Å²) < 4.78 is 0. The number of nitrogens with two attached hydrogens (primary N) is 1. The van der Waals surface area contributed by atoms with Gasteiger partial charge in [0.25, 0.3) is 0 Å². The first kappa shape index (κ1) is 11.7. The molecule has 2 rings (SSSR count). The van der Waals surface area contributed by atoms with Crippen molar-refractivity contribution in [3.63, 3.8) is 0 Å². The molecule has 2 N–H and O–H groups in total. The molecule has 1 aliphatic carbocycles. The van der Waals surface area contributed by atoms with E-state index < -0.39 is 0 Å². The second-order valence-electron chi connectivity index (χ2n) is 4.70. The molecule has 0 heterocycles. The topological polar surface area (TPSA) is 29.3 Å². The van der Waals surface area contributed by atoms with Crippen molar-refractivity contribution < 1.29 is 0 Å². The van der Waals surface area contributed by atoms with E-state index >= 15 is 0 Å². The molecular formula is C13H19ClN2. The summed E-state index contributed by atoms with van der Waals surface area (Å²) in [5.41, 5.74) is 8.05. The van der Waals surface area contributed by atoms with Crippen molar-refractivity contribution in [1.82, 2.24) is 0 Å². The summed E-state index contributed by atoms with van der Waals surface area (Å²) in [6.07, 6.45) is 3.90. The summed E-state index contributed by atoms with van der Waals surface area (Å²) >= 11 is 6.30. The lowest BCUT2D eigenvalue weighted by Gasteiger charge is -2.37. The summed E-state index contributed by atoms with van der Waals surface area (Å²) in [4.78, 5) is 2.29. The van der Waals surface area contributed by atoms with Gasteiger partial charge >= 0.3 is 0 Å². The maximum atomic E-state index is 6.30. The van der Waals surface area contributed by atoms with Gasteiger partial charge in [0.1, 0.15) is 0 Å². The Kier molecular flexibility index (Phi) is 3.41. The van der Waals surface area contributed by atoms with E-state index in [0.29, 0.717) is 6.04 Å². The van der Waals surface area contributed by atoms with Gasteiger partial charge in [-0.2, -0.15) is 0 Å². The summed E-state index contributed by atoms with van der Waals surface area (Å²) in [6, 6.07) is 6.84. The molecule has 0 amide bonds. The highest BCUT2D eigenvalue weighted by Gasteiger charge is 2.23. The first-order valence-corrected chi connectivity index (χ1v) is 6.25. The lowest BCUT2D eigenvalue weighted by molar-refractivity contribution is 0.401. The molecule has 0 spiro atoms. The molecule has 0 aromatic heterocycles. The molecule has 1 aromatic rings. The SMILES string of the molecule is CC(N)c1ccc(N(C)C2CCC2)c(Cl)c1. The van der Waals surface area contributed by atoms with Gasteiger partial charge in [0, 0.05) is 19.1 Å². The van der Waals surface area contributed by atoms with E-state index in [9.17, 15) is 0 Å². The number of benzene rings is 1. The smallest absolute Gasteiger partial charge is 0.0642 e. The Labute approximate surface area is 102 Å². The van der Waals surface area contributed by atoms with Gasteiger partial charge in [0.15, 0.2) is 0 Å². The average molecular weight is 239 g/mol. The lowest BCUT2D eigenvalue weighted by atomic mass is 9.91. The van der Waals surface area contributed by atoms with Crippen LogP contribution in [0.15, 0.2) is 18.2 Å². The minimum atomic E-state index is 0.0422. The van der Waals surface area contributed by atoms with E-state index in [4.69, 9.17) is 17.3 Å². The summed E-state index contributed by atoms with van der Waals surface area (Å²) in [5, 5.41) is 0.809. The highest BCUT2D eigenvalue weighted by atomic mass is 35.5. The molecule has 1 aromatic carbocycles. The highest BCUT2D eigenvalue weighted by Crippen LogP contribution is 2.33. The van der Waals surface area contributed by atoms with E-state index in [1.165, 1.54) is 19.3 Å². The molecule has 0 aliphatic heterocycles. The largest absolute Gasteiger partial charge is 0.370 e. The Hall–Kier alpha value is -0.730. The molecule has 88 valence electrons. The minimum Gasteiger partial charge on any atom is -0.370 e. The van der Waals surface area contributed by atoms with E-state index in [1.807, 2.05) is 13.0 Å². The fourth-order valence-corrected chi connectivity index (χ4v) is 2.39. The van der Waals surface area contributed by atoms with Gasteiger partial charge in [-0.15, -0.1) is 0 Å². The molecule has 1 unspecified atom stereocenters. The third-order valence-electron chi connectivity index (χ3n) is 3.50. The van der Waals surface area contributed by atoms with Crippen LogP contribution in [-0.4, -0.2) is 13.1 Å². The lowest BCUT2D eigenvalue weighted by Crippen LogP contribution is -2.37. The molecule has 0 bridgehead atoms. The number of nitrogens with zero attached hydrogens (tertiary/aromatic N) is 1. The molecule has 0 saturated heterocycles. The van der Waals surface area contributed by atoms with Gasteiger partial charge < -0.3 is 10.6 Å². The van der Waals surface area contributed by atoms with Crippen molar-refractivity contribution in [3.05, 3.63) is 28.8 Å². The molecular weight excluding hydrogens is 220 g/mol. The Morgan fingerprint density at radius 3 is 2.56 bits per heavy atom. The van der Waals surface area contributed by atoms with Crippen LogP contribution in [0.4, 0.5) is 5.69 Å². The first-order chi connectivity index (χ1) is 7.59. The van der Waals surface area contributed by atoms with Crippen LogP contribution in [0.5, 0.6) is 0 Å². The van der Waals surface area contributed by atoms with Crippen LogP contribution >= 0.6 is 11.6 Å². The van der Waals surface area contributed by atoms with Crippen molar-refractivity contribution in [1.29, 1.82) is 0 Å². The van der Waals surface area contributed by atoms with Gasteiger partial charge in [-0.1, -0.05) is 17.7 Å². The Morgan fingerprint density at radius 1 is 1.44 bits per heavy atom. The Bertz CT molecular complexity index is 372. The van der Waals surface area contributed by atoms with Crippen molar-refractivity contribution in [2.45, 2.75) is 38.3 Å². The maximum Gasteiger partial charge on any atom is 0.0642 e. The third kappa shape index (κ3) is 2.18. The normalized spacial score (nSPS) is 18.0. The number of halogens is 1. The van der Waals surface area contributed by atoms with Crippen LogP contribution in [0.3, 0.4) is 0 Å². The summed E-state index contributed by atoms with van der Waals surface area (Å²) in [7, 11) is 2.12. The monoisotopic (exact) mass is 238 g/mol. The van der Waals surface area contributed by atoms with E-state index in [2.05, 4.69) is 24.1 Å². The number of hydrogen-bond donors (Lipinski definition) is 1. The van der Waals surface area contributed by atoms with Crippen molar-refractivity contribution >= 4 is 17.3 Å². The van der Waals surface area contributed by atoms with E-state index in [0.717, 1.165) is 16.3 Å². The zero-order chi connectivity index (χ0) is 11.7. The molecule has 3 heteroatoms. The van der Waals surface area contributed by atoms with Gasteiger partial charge in [0.2, 0.25) is 0 Å². The molecule has 1 aliphatic rings. The van der Waals surface area contributed by atoms with Crippen molar-refractivity contribution in [2.75, 3.05) is 11.9 Å².